The third-order valence-electron chi connectivity index (χ3n) is 1.72. The second kappa shape index (κ2) is 2.90. The molecule has 0 amide bonds. The number of aliphatic hydroxyl groups is 1. The standard InChI is InChI=1S/C6H13NOS/c1-5(9)7-3-2-6(8)4-7/h5-6,8-9H,2-4H2,1H3/t5-,6+/m0/s1. The Balaban J connectivity index is 2.30. The number of likely N-dealkylation sites (tertiary alicyclic amines) is 1. The van der Waals surface area contributed by atoms with Crippen molar-refractivity contribution in [2.75, 3.05) is 13.1 Å². The molecule has 0 spiro atoms. The summed E-state index contributed by atoms with van der Waals surface area (Å²) in [5.41, 5.74) is 0. The van der Waals surface area contributed by atoms with Crippen molar-refractivity contribution >= 4 is 12.6 Å². The van der Waals surface area contributed by atoms with Gasteiger partial charge in [0.15, 0.2) is 0 Å². The van der Waals surface area contributed by atoms with Crippen molar-refractivity contribution in [1.82, 2.24) is 4.90 Å². The lowest BCUT2D eigenvalue weighted by Gasteiger charge is -2.17. The maximum Gasteiger partial charge on any atom is 0.0679 e. The van der Waals surface area contributed by atoms with E-state index in [1.807, 2.05) is 6.92 Å². The molecule has 3 heteroatoms. The third-order valence-corrected chi connectivity index (χ3v) is 2.05. The van der Waals surface area contributed by atoms with Gasteiger partial charge in [-0.3, -0.25) is 4.90 Å². The van der Waals surface area contributed by atoms with Crippen LogP contribution in [-0.4, -0.2) is 34.6 Å². The largest absolute Gasteiger partial charge is 0.392 e. The van der Waals surface area contributed by atoms with Gasteiger partial charge in [-0.1, -0.05) is 0 Å². The first-order valence-corrected chi connectivity index (χ1v) is 3.82. The van der Waals surface area contributed by atoms with E-state index in [9.17, 15) is 0 Å². The van der Waals surface area contributed by atoms with Gasteiger partial charge in [0, 0.05) is 18.5 Å². The molecule has 0 aromatic heterocycles. The average Bonchev–Trinajstić information content (AvgIpc) is 2.14. The number of hydrogen-bond acceptors (Lipinski definition) is 3. The summed E-state index contributed by atoms with van der Waals surface area (Å²) >= 11 is 4.25. The number of thiol groups is 1. The zero-order chi connectivity index (χ0) is 6.85. The number of aliphatic hydroxyl groups excluding tert-OH is 1. The van der Waals surface area contributed by atoms with E-state index >= 15 is 0 Å². The Hall–Kier alpha value is 0.270. The van der Waals surface area contributed by atoms with Crippen LogP contribution < -0.4 is 0 Å². The highest BCUT2D eigenvalue weighted by atomic mass is 32.1. The van der Waals surface area contributed by atoms with Gasteiger partial charge in [-0.15, -0.1) is 0 Å². The van der Waals surface area contributed by atoms with E-state index in [2.05, 4.69) is 17.5 Å². The Kier molecular flexibility index (Phi) is 2.38. The highest BCUT2D eigenvalue weighted by molar-refractivity contribution is 7.80. The van der Waals surface area contributed by atoms with Crippen LogP contribution in [0, 0.1) is 0 Å². The molecule has 1 aliphatic heterocycles. The topological polar surface area (TPSA) is 23.5 Å². The minimum absolute atomic E-state index is 0.111. The summed E-state index contributed by atoms with van der Waals surface area (Å²) < 4.78 is 0. The molecule has 0 aromatic rings. The Bertz CT molecular complexity index is 97.1. The molecular weight excluding hydrogens is 134 g/mol. The predicted octanol–water partition coefficient (Wildman–Crippen LogP) is 0.329. The maximum atomic E-state index is 9.07. The first-order valence-electron chi connectivity index (χ1n) is 3.30. The normalized spacial score (nSPS) is 33.0. The van der Waals surface area contributed by atoms with Crippen LogP contribution in [0.25, 0.3) is 0 Å². The summed E-state index contributed by atoms with van der Waals surface area (Å²) in [6, 6.07) is 0. The van der Waals surface area contributed by atoms with Gasteiger partial charge < -0.3 is 5.11 Å². The fraction of sp³-hybridized carbons (Fsp3) is 1.00. The van der Waals surface area contributed by atoms with Gasteiger partial charge in [0.05, 0.1) is 6.10 Å². The quantitative estimate of drug-likeness (QED) is 0.522. The third kappa shape index (κ3) is 1.85. The molecule has 1 aliphatic rings. The molecule has 1 rings (SSSR count). The summed E-state index contributed by atoms with van der Waals surface area (Å²) in [5.74, 6) is 0. The van der Waals surface area contributed by atoms with Crippen molar-refractivity contribution in [3.63, 3.8) is 0 Å². The van der Waals surface area contributed by atoms with Crippen LogP contribution in [0.4, 0.5) is 0 Å². The minimum atomic E-state index is -0.111. The zero-order valence-electron chi connectivity index (χ0n) is 5.62. The average molecular weight is 147 g/mol. The van der Waals surface area contributed by atoms with E-state index in [-0.39, 0.29) is 6.10 Å². The van der Waals surface area contributed by atoms with Crippen molar-refractivity contribution in [3.8, 4) is 0 Å². The molecule has 1 N–H and O–H groups in total. The van der Waals surface area contributed by atoms with Crippen LogP contribution >= 0.6 is 12.6 Å². The summed E-state index contributed by atoms with van der Waals surface area (Å²) in [6.45, 7) is 3.82. The highest BCUT2D eigenvalue weighted by Gasteiger charge is 2.21. The van der Waals surface area contributed by atoms with Crippen molar-refractivity contribution in [2.24, 2.45) is 0 Å². The second-order valence-corrected chi connectivity index (χ2v) is 3.32. The van der Waals surface area contributed by atoms with E-state index in [1.54, 1.807) is 0 Å². The Morgan fingerprint density at radius 3 is 2.67 bits per heavy atom. The molecule has 2 nitrogen and oxygen atoms in total. The molecule has 54 valence electrons. The van der Waals surface area contributed by atoms with Crippen molar-refractivity contribution in [3.05, 3.63) is 0 Å². The Morgan fingerprint density at radius 1 is 1.78 bits per heavy atom. The number of rotatable bonds is 1. The van der Waals surface area contributed by atoms with Crippen LogP contribution in [0.15, 0.2) is 0 Å². The second-order valence-electron chi connectivity index (χ2n) is 2.57. The molecule has 0 bridgehead atoms. The minimum Gasteiger partial charge on any atom is -0.392 e. The lowest BCUT2D eigenvalue weighted by molar-refractivity contribution is 0.175. The van der Waals surface area contributed by atoms with Crippen LogP contribution in [0.1, 0.15) is 13.3 Å². The van der Waals surface area contributed by atoms with Gasteiger partial charge >= 0.3 is 0 Å². The first-order chi connectivity index (χ1) is 4.20. The molecule has 0 aliphatic carbocycles. The van der Waals surface area contributed by atoms with Crippen LogP contribution in [0.5, 0.6) is 0 Å². The smallest absolute Gasteiger partial charge is 0.0679 e. The van der Waals surface area contributed by atoms with E-state index < -0.39 is 0 Å². The van der Waals surface area contributed by atoms with E-state index in [0.717, 1.165) is 19.5 Å². The molecule has 2 atom stereocenters. The van der Waals surface area contributed by atoms with Gasteiger partial charge in [-0.2, -0.15) is 12.6 Å². The van der Waals surface area contributed by atoms with E-state index in [0.29, 0.717) is 5.37 Å². The molecule has 1 fully saturated rings. The SMILES string of the molecule is C[C@H](S)N1CC[C@@H](O)C1. The van der Waals surface area contributed by atoms with Crippen molar-refractivity contribution in [2.45, 2.75) is 24.8 Å². The van der Waals surface area contributed by atoms with Crippen molar-refractivity contribution in [1.29, 1.82) is 0 Å². The van der Waals surface area contributed by atoms with E-state index in [1.165, 1.54) is 0 Å². The van der Waals surface area contributed by atoms with Gasteiger partial charge in [-0.25, -0.2) is 0 Å². The molecule has 1 heterocycles. The van der Waals surface area contributed by atoms with Gasteiger partial charge in [0.2, 0.25) is 0 Å². The van der Waals surface area contributed by atoms with Gasteiger partial charge in [0.1, 0.15) is 0 Å². The molecular formula is C6H13NOS. The fourth-order valence-electron chi connectivity index (χ4n) is 1.11. The monoisotopic (exact) mass is 147 g/mol. The molecule has 0 saturated carbocycles. The molecule has 0 radical (unpaired) electrons. The van der Waals surface area contributed by atoms with Crippen LogP contribution in [0.2, 0.25) is 0 Å². The van der Waals surface area contributed by atoms with Crippen molar-refractivity contribution < 1.29 is 5.11 Å². The first kappa shape index (κ1) is 7.38. The molecule has 9 heavy (non-hydrogen) atoms. The number of β-amino-alcohol motifs (C(OH)–C–C–N with tert-alkyl or cyclic N) is 1. The van der Waals surface area contributed by atoms with Crippen LogP contribution in [0.3, 0.4) is 0 Å². The maximum absolute atomic E-state index is 9.07. The fourth-order valence-corrected chi connectivity index (χ4v) is 1.32. The predicted molar refractivity (Wildman–Crippen MR) is 40.6 cm³/mol. The lowest BCUT2D eigenvalue weighted by Crippen LogP contribution is -2.27. The lowest BCUT2D eigenvalue weighted by atomic mass is 10.3. The summed E-state index contributed by atoms with van der Waals surface area (Å²) in [4.78, 5) is 2.16. The Morgan fingerprint density at radius 2 is 2.44 bits per heavy atom. The van der Waals surface area contributed by atoms with Gasteiger partial charge in [0.25, 0.3) is 0 Å². The zero-order valence-corrected chi connectivity index (χ0v) is 6.51. The molecule has 0 aromatic carbocycles. The number of nitrogens with zero attached hydrogens (tertiary/aromatic N) is 1. The van der Waals surface area contributed by atoms with Gasteiger partial charge in [-0.05, 0) is 13.3 Å². The Labute approximate surface area is 61.3 Å². The molecule has 0 unspecified atom stereocenters. The number of hydrogen-bond donors (Lipinski definition) is 2. The molecule has 1 saturated heterocycles. The highest BCUT2D eigenvalue weighted by Crippen LogP contribution is 2.13. The summed E-state index contributed by atoms with van der Waals surface area (Å²) in [7, 11) is 0. The summed E-state index contributed by atoms with van der Waals surface area (Å²) in [6.07, 6.45) is 0.796. The van der Waals surface area contributed by atoms with E-state index in [4.69, 9.17) is 5.11 Å². The van der Waals surface area contributed by atoms with Crippen LogP contribution in [-0.2, 0) is 0 Å². The summed E-state index contributed by atoms with van der Waals surface area (Å²) in [5, 5.41) is 9.37.